The van der Waals surface area contributed by atoms with Gasteiger partial charge in [-0.15, -0.1) is 0 Å². The van der Waals surface area contributed by atoms with E-state index in [0.717, 1.165) is 25.7 Å². The second-order valence-electron chi connectivity index (χ2n) is 3.92. The number of hydrogen-bond donors (Lipinski definition) is 2. The van der Waals surface area contributed by atoms with E-state index in [1.165, 1.54) is 7.05 Å². The van der Waals surface area contributed by atoms with E-state index in [9.17, 15) is 8.42 Å². The van der Waals surface area contributed by atoms with Gasteiger partial charge in [0.1, 0.15) is 5.54 Å². The molecule has 0 atom stereocenters. The Morgan fingerprint density at radius 3 is 2.13 bits per heavy atom. The molecule has 0 bridgehead atoms. The average Bonchev–Trinajstić information content (AvgIpc) is 2.44. The second kappa shape index (κ2) is 4.92. The molecule has 0 aromatic carbocycles. The monoisotopic (exact) mass is 231 g/mol. The highest BCUT2D eigenvalue weighted by Crippen LogP contribution is 2.26. The summed E-state index contributed by atoms with van der Waals surface area (Å²) < 4.78 is 27.4. The first-order valence-electron chi connectivity index (χ1n) is 5.17. The van der Waals surface area contributed by atoms with Gasteiger partial charge in [-0.25, -0.2) is 4.72 Å². The normalized spacial score (nSPS) is 21.6. The van der Waals surface area contributed by atoms with Crippen molar-refractivity contribution in [2.24, 2.45) is 0 Å². The molecular formula is C9H17N3O2S. The summed E-state index contributed by atoms with van der Waals surface area (Å²) >= 11 is 0. The lowest BCUT2D eigenvalue weighted by Gasteiger charge is -2.25. The van der Waals surface area contributed by atoms with E-state index < -0.39 is 15.7 Å². The Morgan fingerprint density at radius 1 is 1.20 bits per heavy atom. The Kier molecular flexibility index (Phi) is 4.08. The molecular weight excluding hydrogens is 214 g/mol. The van der Waals surface area contributed by atoms with Crippen LogP contribution in [0.4, 0.5) is 0 Å². The standard InChI is InChI=1S/C9H17N3O2S/c1-11-15(13,14)12-9(8-10)6-4-2-3-5-7-9/h11-12H,2-7H2,1H3. The van der Waals surface area contributed by atoms with Gasteiger partial charge in [0.2, 0.25) is 0 Å². The van der Waals surface area contributed by atoms with Crippen LogP contribution in [-0.4, -0.2) is 21.0 Å². The molecule has 2 N–H and O–H groups in total. The molecule has 0 amide bonds. The minimum atomic E-state index is -3.53. The molecule has 0 heterocycles. The Bertz CT molecular complexity index is 337. The van der Waals surface area contributed by atoms with Crippen LogP contribution in [0.25, 0.3) is 0 Å². The molecule has 5 nitrogen and oxygen atoms in total. The van der Waals surface area contributed by atoms with E-state index in [-0.39, 0.29) is 0 Å². The van der Waals surface area contributed by atoms with Crippen molar-refractivity contribution >= 4 is 10.2 Å². The van der Waals surface area contributed by atoms with Crippen LogP contribution in [0, 0.1) is 11.3 Å². The first kappa shape index (κ1) is 12.4. The molecule has 1 rings (SSSR count). The summed E-state index contributed by atoms with van der Waals surface area (Å²) in [5.41, 5.74) is -0.904. The maximum Gasteiger partial charge on any atom is 0.278 e. The SMILES string of the molecule is CNS(=O)(=O)NC1(C#N)CCCCCC1. The summed E-state index contributed by atoms with van der Waals surface area (Å²) in [6.07, 6.45) is 5.16. The summed E-state index contributed by atoms with van der Waals surface area (Å²) in [6.45, 7) is 0. The predicted molar refractivity (Wildman–Crippen MR) is 57.2 cm³/mol. The summed E-state index contributed by atoms with van der Waals surface area (Å²) in [4.78, 5) is 0. The zero-order valence-corrected chi connectivity index (χ0v) is 9.73. The maximum absolute atomic E-state index is 11.4. The van der Waals surface area contributed by atoms with Crippen LogP contribution in [0.5, 0.6) is 0 Å². The van der Waals surface area contributed by atoms with Crippen LogP contribution < -0.4 is 9.44 Å². The summed E-state index contributed by atoms with van der Waals surface area (Å²) in [7, 11) is -2.19. The van der Waals surface area contributed by atoms with Crippen molar-refractivity contribution < 1.29 is 8.42 Å². The molecule has 0 aromatic rings. The molecule has 1 saturated carbocycles. The van der Waals surface area contributed by atoms with Gasteiger partial charge in [-0.3, -0.25) is 0 Å². The van der Waals surface area contributed by atoms with Crippen LogP contribution in [0.1, 0.15) is 38.5 Å². The van der Waals surface area contributed by atoms with Gasteiger partial charge in [0.15, 0.2) is 0 Å². The fourth-order valence-corrected chi connectivity index (χ4v) is 2.74. The van der Waals surface area contributed by atoms with Crippen molar-refractivity contribution in [2.45, 2.75) is 44.1 Å². The molecule has 86 valence electrons. The Morgan fingerprint density at radius 2 is 1.73 bits per heavy atom. The van der Waals surface area contributed by atoms with Crippen molar-refractivity contribution in [3.05, 3.63) is 0 Å². The van der Waals surface area contributed by atoms with Crippen LogP contribution >= 0.6 is 0 Å². The molecule has 0 spiro atoms. The number of hydrogen-bond acceptors (Lipinski definition) is 3. The minimum absolute atomic E-state index is 0.602. The zero-order chi connectivity index (χ0) is 11.4. The Hall–Kier alpha value is -0.640. The van der Waals surface area contributed by atoms with Gasteiger partial charge in [0.25, 0.3) is 10.2 Å². The van der Waals surface area contributed by atoms with Gasteiger partial charge in [0, 0.05) is 7.05 Å². The van der Waals surface area contributed by atoms with Gasteiger partial charge in [-0.1, -0.05) is 25.7 Å². The average molecular weight is 231 g/mol. The lowest BCUT2D eigenvalue weighted by molar-refractivity contribution is 0.420. The third-order valence-electron chi connectivity index (χ3n) is 2.77. The van der Waals surface area contributed by atoms with Crippen molar-refractivity contribution in [1.82, 2.24) is 9.44 Å². The van der Waals surface area contributed by atoms with Gasteiger partial charge in [0.05, 0.1) is 6.07 Å². The summed E-state index contributed by atoms with van der Waals surface area (Å²) in [5.74, 6) is 0. The highest BCUT2D eigenvalue weighted by molar-refractivity contribution is 7.87. The van der Waals surface area contributed by atoms with Gasteiger partial charge in [-0.2, -0.15) is 18.4 Å². The van der Waals surface area contributed by atoms with Crippen LogP contribution in [0.2, 0.25) is 0 Å². The van der Waals surface area contributed by atoms with Crippen molar-refractivity contribution in [3.63, 3.8) is 0 Å². The summed E-state index contributed by atoms with van der Waals surface area (Å²) in [6, 6.07) is 2.12. The van der Waals surface area contributed by atoms with E-state index >= 15 is 0 Å². The quantitative estimate of drug-likeness (QED) is 0.700. The zero-order valence-electron chi connectivity index (χ0n) is 8.91. The van der Waals surface area contributed by atoms with Crippen LogP contribution in [0.15, 0.2) is 0 Å². The molecule has 1 aliphatic rings. The molecule has 0 aliphatic heterocycles. The Labute approximate surface area is 91.0 Å². The number of nitrogens with zero attached hydrogens (tertiary/aromatic N) is 1. The van der Waals surface area contributed by atoms with Gasteiger partial charge < -0.3 is 0 Å². The van der Waals surface area contributed by atoms with E-state index in [4.69, 9.17) is 5.26 Å². The van der Waals surface area contributed by atoms with E-state index in [0.29, 0.717) is 12.8 Å². The second-order valence-corrected chi connectivity index (χ2v) is 5.54. The largest absolute Gasteiger partial charge is 0.278 e. The number of nitriles is 1. The number of nitrogens with one attached hydrogen (secondary N) is 2. The molecule has 0 aromatic heterocycles. The molecule has 0 radical (unpaired) electrons. The molecule has 6 heteroatoms. The predicted octanol–water partition coefficient (Wildman–Crippen LogP) is 0.657. The molecule has 1 fully saturated rings. The first-order chi connectivity index (χ1) is 7.04. The van der Waals surface area contributed by atoms with Gasteiger partial charge in [-0.05, 0) is 12.8 Å². The lowest BCUT2D eigenvalue weighted by atomic mass is 9.94. The van der Waals surface area contributed by atoms with Crippen LogP contribution in [0.3, 0.4) is 0 Å². The molecule has 15 heavy (non-hydrogen) atoms. The van der Waals surface area contributed by atoms with E-state index in [1.807, 2.05) is 0 Å². The molecule has 0 unspecified atom stereocenters. The lowest BCUT2D eigenvalue weighted by Crippen LogP contribution is -2.50. The minimum Gasteiger partial charge on any atom is -0.205 e. The third kappa shape index (κ3) is 3.45. The van der Waals surface area contributed by atoms with Crippen LogP contribution in [-0.2, 0) is 10.2 Å². The molecule has 1 aliphatic carbocycles. The molecule has 0 saturated heterocycles. The smallest absolute Gasteiger partial charge is 0.205 e. The topological polar surface area (TPSA) is 82.0 Å². The fourth-order valence-electron chi connectivity index (χ4n) is 1.88. The summed E-state index contributed by atoms with van der Waals surface area (Å²) in [5, 5.41) is 9.12. The first-order valence-corrected chi connectivity index (χ1v) is 6.66. The number of rotatable bonds is 3. The third-order valence-corrected chi connectivity index (χ3v) is 3.97. The van der Waals surface area contributed by atoms with E-state index in [2.05, 4.69) is 15.5 Å². The fraction of sp³-hybridized carbons (Fsp3) is 0.889. The van der Waals surface area contributed by atoms with Crippen molar-refractivity contribution in [1.29, 1.82) is 5.26 Å². The highest BCUT2D eigenvalue weighted by atomic mass is 32.2. The van der Waals surface area contributed by atoms with Gasteiger partial charge >= 0.3 is 0 Å². The van der Waals surface area contributed by atoms with Crippen molar-refractivity contribution in [3.8, 4) is 6.07 Å². The maximum atomic E-state index is 11.4. The Balaban J connectivity index is 2.80. The van der Waals surface area contributed by atoms with E-state index in [1.54, 1.807) is 0 Å². The van der Waals surface area contributed by atoms with Crippen molar-refractivity contribution in [2.75, 3.05) is 7.05 Å². The highest BCUT2D eigenvalue weighted by Gasteiger charge is 2.34.